The van der Waals surface area contributed by atoms with Gasteiger partial charge in [-0.3, -0.25) is 18.8 Å². The second-order valence-electron chi connectivity index (χ2n) is 10.7. The normalized spacial score (nSPS) is 25.6. The van der Waals surface area contributed by atoms with Gasteiger partial charge in [-0.05, 0) is 50.5 Å². The Morgan fingerprint density at radius 3 is 2.58 bits per heavy atom. The van der Waals surface area contributed by atoms with E-state index in [2.05, 4.69) is 31.2 Å². The number of anilines is 3. The molecule has 0 aromatic carbocycles. The molecule has 3 heterocycles. The summed E-state index contributed by atoms with van der Waals surface area (Å²) < 4.78 is 56.1. The number of hydrogen-bond acceptors (Lipinski definition) is 7. The molecule has 214 valence electrons. The first-order valence-corrected chi connectivity index (χ1v) is 14.0. The van der Waals surface area contributed by atoms with Gasteiger partial charge in [-0.1, -0.05) is 0 Å². The van der Waals surface area contributed by atoms with Crippen LogP contribution in [0.1, 0.15) is 71.1 Å². The lowest BCUT2D eigenvalue weighted by Gasteiger charge is -2.31. The van der Waals surface area contributed by atoms with Crippen LogP contribution < -0.4 is 16.0 Å². The summed E-state index contributed by atoms with van der Waals surface area (Å²) in [5.41, 5.74) is 0.769. The highest BCUT2D eigenvalue weighted by molar-refractivity contribution is 7.17. The number of amides is 2. The zero-order valence-electron chi connectivity index (χ0n) is 21.5. The van der Waals surface area contributed by atoms with Crippen molar-refractivity contribution in [2.45, 2.75) is 75.8 Å². The fraction of sp³-hybridized carbons (Fsp3) is 0.560. The lowest BCUT2D eigenvalue weighted by molar-refractivity contribution is -0.124. The SMILES string of the molecule is Cn1nc(C(F)F)cc1Nc1nncn1[C@H]1CCc2sc(NC(=O)C3CC(F)C3)c(C(=O)N[C@H]3C[C@H](F)C3)c2C1. The molecule has 0 bridgehead atoms. The minimum atomic E-state index is -2.72. The number of nitrogens with one attached hydrogen (secondary N) is 3. The van der Waals surface area contributed by atoms with Gasteiger partial charge in [0.25, 0.3) is 12.3 Å². The number of carbonyl (C=O) groups excluding carboxylic acids is 2. The topological polar surface area (TPSA) is 119 Å². The summed E-state index contributed by atoms with van der Waals surface area (Å²) in [7, 11) is 1.54. The van der Waals surface area contributed by atoms with Gasteiger partial charge in [0, 0.05) is 36.0 Å². The monoisotopic (exact) mass is 580 g/mol. The van der Waals surface area contributed by atoms with E-state index in [1.807, 2.05) is 0 Å². The van der Waals surface area contributed by atoms with Crippen molar-refractivity contribution in [1.29, 1.82) is 0 Å². The van der Waals surface area contributed by atoms with Crippen LogP contribution in [0.2, 0.25) is 0 Å². The van der Waals surface area contributed by atoms with Gasteiger partial charge in [-0.15, -0.1) is 21.5 Å². The van der Waals surface area contributed by atoms with Gasteiger partial charge in [0.05, 0.1) is 5.56 Å². The number of thiophene rings is 1. The molecule has 2 saturated carbocycles. The second-order valence-corrected chi connectivity index (χ2v) is 11.8. The maximum absolute atomic E-state index is 13.4. The zero-order chi connectivity index (χ0) is 28.1. The first kappa shape index (κ1) is 26.7. The lowest BCUT2D eigenvalue weighted by atomic mass is 9.83. The average Bonchev–Trinajstić information content (AvgIpc) is 3.58. The lowest BCUT2D eigenvalue weighted by Crippen LogP contribution is -2.45. The summed E-state index contributed by atoms with van der Waals surface area (Å²) in [6.07, 6.45) is -0.540. The van der Waals surface area contributed by atoms with Crippen LogP contribution in [0.15, 0.2) is 12.4 Å². The van der Waals surface area contributed by atoms with Crippen LogP contribution >= 0.6 is 11.3 Å². The van der Waals surface area contributed by atoms with Gasteiger partial charge in [0.15, 0.2) is 0 Å². The minimum Gasteiger partial charge on any atom is -0.349 e. The Morgan fingerprint density at radius 2 is 1.90 bits per heavy atom. The molecule has 0 unspecified atom stereocenters. The Labute approximate surface area is 230 Å². The van der Waals surface area contributed by atoms with Gasteiger partial charge in [0.1, 0.15) is 35.2 Å². The molecule has 15 heteroatoms. The molecule has 3 aromatic rings. The van der Waals surface area contributed by atoms with Crippen molar-refractivity contribution >= 4 is 39.9 Å². The Balaban J connectivity index is 1.25. The number of carbonyl (C=O) groups is 2. The number of alkyl halides is 4. The maximum Gasteiger partial charge on any atom is 0.282 e. The number of aryl methyl sites for hydroxylation is 2. The molecule has 1 atom stereocenters. The smallest absolute Gasteiger partial charge is 0.282 e. The van der Waals surface area contributed by atoms with Gasteiger partial charge in [-0.2, -0.15) is 5.10 Å². The van der Waals surface area contributed by atoms with E-state index < -0.39 is 24.7 Å². The fourth-order valence-electron chi connectivity index (χ4n) is 5.46. The Morgan fingerprint density at radius 1 is 1.15 bits per heavy atom. The van der Waals surface area contributed by atoms with Crippen LogP contribution in [0.25, 0.3) is 0 Å². The predicted octanol–water partition coefficient (Wildman–Crippen LogP) is 4.40. The van der Waals surface area contributed by atoms with Crippen molar-refractivity contribution in [3.63, 3.8) is 0 Å². The molecular weight excluding hydrogens is 552 g/mol. The fourth-order valence-corrected chi connectivity index (χ4v) is 6.70. The molecule has 10 nitrogen and oxygen atoms in total. The van der Waals surface area contributed by atoms with Crippen molar-refractivity contribution in [2.24, 2.45) is 13.0 Å². The second kappa shape index (κ2) is 10.5. The summed E-state index contributed by atoms with van der Waals surface area (Å²) in [6.45, 7) is 0. The van der Waals surface area contributed by atoms with E-state index in [4.69, 9.17) is 0 Å². The third kappa shape index (κ3) is 5.06. The number of rotatable bonds is 8. The third-order valence-electron chi connectivity index (χ3n) is 7.89. The standard InChI is InChI=1S/C25H28F4N8O2S/c1-36-19(9-17(35-36)21(28)29)32-25-34-30-10-37(25)15-2-3-18-16(8-15)20(23(39)31-14-6-13(27)7-14)24(40-18)33-22(38)11-4-12(26)5-11/h9-15,21H,2-8H2,1H3,(H,31,39)(H,32,34)(H,33,38)/t11?,12?,13-,14-,15-/m0/s1. The van der Waals surface area contributed by atoms with E-state index in [9.17, 15) is 27.2 Å². The summed E-state index contributed by atoms with van der Waals surface area (Å²) >= 11 is 1.34. The van der Waals surface area contributed by atoms with Crippen LogP contribution in [0.4, 0.5) is 34.3 Å². The Hall–Kier alpha value is -3.49. The van der Waals surface area contributed by atoms with Crippen LogP contribution in [-0.4, -0.2) is 54.7 Å². The molecule has 0 aliphatic heterocycles. The molecule has 6 rings (SSSR count). The molecule has 3 aromatic heterocycles. The molecule has 2 amide bonds. The van der Waals surface area contributed by atoms with Crippen molar-refractivity contribution < 1.29 is 27.2 Å². The largest absolute Gasteiger partial charge is 0.349 e. The molecule has 40 heavy (non-hydrogen) atoms. The van der Waals surface area contributed by atoms with E-state index in [0.717, 1.165) is 10.4 Å². The van der Waals surface area contributed by atoms with Gasteiger partial charge in [-0.25, -0.2) is 17.6 Å². The number of fused-ring (bicyclic) bond motifs is 1. The maximum atomic E-state index is 13.4. The molecule has 0 radical (unpaired) electrons. The highest BCUT2D eigenvalue weighted by Gasteiger charge is 2.38. The van der Waals surface area contributed by atoms with E-state index in [0.29, 0.717) is 41.6 Å². The Bertz CT molecular complexity index is 1430. The van der Waals surface area contributed by atoms with E-state index in [-0.39, 0.29) is 55.3 Å². The van der Waals surface area contributed by atoms with Gasteiger partial charge >= 0.3 is 0 Å². The third-order valence-corrected chi connectivity index (χ3v) is 9.10. The van der Waals surface area contributed by atoms with E-state index >= 15 is 0 Å². The average molecular weight is 581 g/mol. The van der Waals surface area contributed by atoms with Crippen molar-refractivity contribution in [1.82, 2.24) is 29.9 Å². The molecule has 2 fully saturated rings. The van der Waals surface area contributed by atoms with Crippen molar-refractivity contribution in [3.05, 3.63) is 34.1 Å². The molecule has 0 saturated heterocycles. The first-order chi connectivity index (χ1) is 19.2. The van der Waals surface area contributed by atoms with Crippen molar-refractivity contribution in [2.75, 3.05) is 10.6 Å². The number of aromatic nitrogens is 5. The molecular formula is C25H28F4N8O2S. The summed E-state index contributed by atoms with van der Waals surface area (Å²) in [5.74, 6) is -0.463. The van der Waals surface area contributed by atoms with Crippen LogP contribution in [0.3, 0.4) is 0 Å². The number of hydrogen-bond donors (Lipinski definition) is 3. The van der Waals surface area contributed by atoms with Gasteiger partial charge < -0.3 is 16.0 Å². The number of halogens is 4. The Kier molecular flexibility index (Phi) is 7.00. The van der Waals surface area contributed by atoms with Crippen molar-refractivity contribution in [3.8, 4) is 0 Å². The summed E-state index contributed by atoms with van der Waals surface area (Å²) in [4.78, 5) is 27.2. The van der Waals surface area contributed by atoms with Crippen LogP contribution in [-0.2, 0) is 24.7 Å². The molecule has 3 aliphatic carbocycles. The van der Waals surface area contributed by atoms with Gasteiger partial charge in [0.2, 0.25) is 11.9 Å². The van der Waals surface area contributed by atoms with E-state index in [1.165, 1.54) is 28.4 Å². The van der Waals surface area contributed by atoms with Crippen LogP contribution in [0, 0.1) is 5.92 Å². The predicted molar refractivity (Wildman–Crippen MR) is 138 cm³/mol. The summed E-state index contributed by atoms with van der Waals surface area (Å²) in [5, 5.41) is 21.1. The van der Waals surface area contributed by atoms with Crippen LogP contribution in [0.5, 0.6) is 0 Å². The highest BCUT2D eigenvalue weighted by atomic mass is 32.1. The quantitative estimate of drug-likeness (QED) is 0.340. The molecule has 3 aliphatic rings. The first-order valence-electron chi connectivity index (χ1n) is 13.2. The molecule has 3 N–H and O–H groups in total. The highest BCUT2D eigenvalue weighted by Crippen LogP contribution is 2.43. The number of nitrogens with zero attached hydrogens (tertiary/aromatic N) is 5. The molecule has 0 spiro atoms. The zero-order valence-corrected chi connectivity index (χ0v) is 22.4. The van der Waals surface area contributed by atoms with E-state index in [1.54, 1.807) is 11.6 Å². The summed E-state index contributed by atoms with van der Waals surface area (Å²) in [6, 6.07) is 0.801. The minimum absolute atomic E-state index is 0.166.